The number of hydrogen-bond donors (Lipinski definition) is 2. The molecular formula is C18H28N4O2. The second-order valence-electron chi connectivity index (χ2n) is 7.52. The molecule has 132 valence electrons. The molecule has 3 rings (SSSR count). The number of nitrogens with one attached hydrogen (secondary N) is 2. The van der Waals surface area contributed by atoms with Crippen LogP contribution in [-0.4, -0.2) is 34.0 Å². The van der Waals surface area contributed by atoms with Crippen LogP contribution in [0.4, 0.5) is 0 Å². The lowest BCUT2D eigenvalue weighted by atomic mass is 9.95. The Morgan fingerprint density at radius 1 is 1.29 bits per heavy atom. The van der Waals surface area contributed by atoms with Gasteiger partial charge in [0, 0.05) is 19.1 Å². The molecule has 2 aliphatic rings. The van der Waals surface area contributed by atoms with Gasteiger partial charge in [0.2, 0.25) is 5.91 Å². The highest BCUT2D eigenvalue weighted by Crippen LogP contribution is 2.24. The molecule has 0 spiro atoms. The Morgan fingerprint density at radius 3 is 2.75 bits per heavy atom. The molecule has 2 heterocycles. The zero-order chi connectivity index (χ0) is 17.1. The van der Waals surface area contributed by atoms with Crippen LogP contribution in [0.25, 0.3) is 0 Å². The molecule has 1 saturated carbocycles. The van der Waals surface area contributed by atoms with Crippen LogP contribution >= 0.6 is 0 Å². The molecule has 1 fully saturated rings. The number of carbonyl (C=O) groups excluding carboxylic acids is 2. The van der Waals surface area contributed by atoms with Gasteiger partial charge in [-0.2, -0.15) is 0 Å². The summed E-state index contributed by atoms with van der Waals surface area (Å²) in [4.78, 5) is 29.0. The SMILES string of the molecule is CC(C)CNC(=O)c1ncn2c1CCC(C(=O)NC1CCCC1)C2. The molecule has 24 heavy (non-hydrogen) atoms. The summed E-state index contributed by atoms with van der Waals surface area (Å²) in [5.41, 5.74) is 1.48. The van der Waals surface area contributed by atoms with E-state index in [0.29, 0.717) is 30.7 Å². The van der Waals surface area contributed by atoms with E-state index in [4.69, 9.17) is 0 Å². The second-order valence-corrected chi connectivity index (χ2v) is 7.52. The minimum absolute atomic E-state index is 0.0149. The molecule has 1 aliphatic heterocycles. The molecule has 0 saturated heterocycles. The van der Waals surface area contributed by atoms with Gasteiger partial charge in [0.1, 0.15) is 5.69 Å². The van der Waals surface area contributed by atoms with Crippen LogP contribution in [0.2, 0.25) is 0 Å². The van der Waals surface area contributed by atoms with E-state index in [0.717, 1.165) is 31.4 Å². The fourth-order valence-corrected chi connectivity index (χ4v) is 3.64. The number of aromatic nitrogens is 2. The van der Waals surface area contributed by atoms with Gasteiger partial charge in [-0.1, -0.05) is 26.7 Å². The maximum Gasteiger partial charge on any atom is 0.271 e. The van der Waals surface area contributed by atoms with E-state index in [-0.39, 0.29) is 17.7 Å². The summed E-state index contributed by atoms with van der Waals surface area (Å²) < 4.78 is 1.98. The monoisotopic (exact) mass is 332 g/mol. The van der Waals surface area contributed by atoms with Gasteiger partial charge in [-0.25, -0.2) is 4.98 Å². The average Bonchev–Trinajstić information content (AvgIpc) is 3.21. The predicted molar refractivity (Wildman–Crippen MR) is 91.6 cm³/mol. The van der Waals surface area contributed by atoms with E-state index in [9.17, 15) is 9.59 Å². The van der Waals surface area contributed by atoms with Crippen molar-refractivity contribution in [1.82, 2.24) is 20.2 Å². The van der Waals surface area contributed by atoms with Gasteiger partial charge in [0.15, 0.2) is 0 Å². The van der Waals surface area contributed by atoms with Crippen molar-refractivity contribution in [2.24, 2.45) is 11.8 Å². The third-order valence-corrected chi connectivity index (χ3v) is 5.05. The Labute approximate surface area is 143 Å². The Bertz CT molecular complexity index is 602. The molecule has 1 atom stereocenters. The fourth-order valence-electron chi connectivity index (χ4n) is 3.64. The number of imidazole rings is 1. The number of fused-ring (bicyclic) bond motifs is 1. The number of rotatable bonds is 5. The van der Waals surface area contributed by atoms with Crippen molar-refractivity contribution in [3.05, 3.63) is 17.7 Å². The third-order valence-electron chi connectivity index (χ3n) is 5.05. The molecule has 1 aromatic heterocycles. The summed E-state index contributed by atoms with van der Waals surface area (Å²) in [6.07, 6.45) is 7.87. The number of carbonyl (C=O) groups is 2. The van der Waals surface area contributed by atoms with Crippen LogP contribution in [0.15, 0.2) is 6.33 Å². The average molecular weight is 332 g/mol. The Morgan fingerprint density at radius 2 is 2.04 bits per heavy atom. The van der Waals surface area contributed by atoms with Crippen molar-refractivity contribution in [1.29, 1.82) is 0 Å². The van der Waals surface area contributed by atoms with E-state index in [1.807, 2.05) is 4.57 Å². The first kappa shape index (κ1) is 17.0. The fraction of sp³-hybridized carbons (Fsp3) is 0.722. The normalized spacial score (nSPS) is 20.9. The topological polar surface area (TPSA) is 76.0 Å². The molecule has 2 N–H and O–H groups in total. The van der Waals surface area contributed by atoms with Crippen molar-refractivity contribution in [3.63, 3.8) is 0 Å². The summed E-state index contributed by atoms with van der Waals surface area (Å²) in [6.45, 7) is 5.41. The van der Waals surface area contributed by atoms with Gasteiger partial charge in [-0.15, -0.1) is 0 Å². The molecule has 0 radical (unpaired) electrons. The molecule has 6 heteroatoms. The molecule has 1 unspecified atom stereocenters. The zero-order valence-corrected chi connectivity index (χ0v) is 14.7. The molecule has 0 bridgehead atoms. The van der Waals surface area contributed by atoms with Gasteiger partial charge >= 0.3 is 0 Å². The molecule has 2 amide bonds. The smallest absolute Gasteiger partial charge is 0.271 e. The first-order chi connectivity index (χ1) is 11.5. The van der Waals surface area contributed by atoms with Crippen molar-refractivity contribution in [3.8, 4) is 0 Å². The molecule has 1 aromatic rings. The van der Waals surface area contributed by atoms with E-state index in [1.54, 1.807) is 6.33 Å². The van der Waals surface area contributed by atoms with E-state index < -0.39 is 0 Å². The lowest BCUT2D eigenvalue weighted by Crippen LogP contribution is -2.40. The van der Waals surface area contributed by atoms with Gasteiger partial charge in [-0.3, -0.25) is 9.59 Å². The van der Waals surface area contributed by atoms with Crippen molar-refractivity contribution < 1.29 is 9.59 Å². The lowest BCUT2D eigenvalue weighted by molar-refractivity contribution is -0.126. The quantitative estimate of drug-likeness (QED) is 0.864. The van der Waals surface area contributed by atoms with Gasteiger partial charge in [0.25, 0.3) is 5.91 Å². The lowest BCUT2D eigenvalue weighted by Gasteiger charge is -2.25. The van der Waals surface area contributed by atoms with Crippen molar-refractivity contribution in [2.75, 3.05) is 6.54 Å². The highest BCUT2D eigenvalue weighted by atomic mass is 16.2. The van der Waals surface area contributed by atoms with Crippen LogP contribution < -0.4 is 10.6 Å². The van der Waals surface area contributed by atoms with E-state index in [1.165, 1.54) is 12.8 Å². The first-order valence-electron chi connectivity index (χ1n) is 9.17. The Kier molecular flexibility index (Phi) is 5.21. The van der Waals surface area contributed by atoms with Crippen LogP contribution in [0.1, 0.15) is 62.1 Å². The van der Waals surface area contributed by atoms with Gasteiger partial charge in [-0.05, 0) is 31.6 Å². The number of nitrogens with zero attached hydrogens (tertiary/aromatic N) is 2. The standard InChI is InChI=1S/C18H28N4O2/c1-12(2)9-19-18(24)16-15-8-7-13(10-22(15)11-20-16)17(23)21-14-5-3-4-6-14/h11-14H,3-10H2,1-2H3,(H,19,24)(H,21,23). The summed E-state index contributed by atoms with van der Waals surface area (Å²) in [7, 11) is 0. The first-order valence-corrected chi connectivity index (χ1v) is 9.17. The molecule has 1 aliphatic carbocycles. The predicted octanol–water partition coefficient (Wildman–Crippen LogP) is 1.89. The highest BCUT2D eigenvalue weighted by Gasteiger charge is 2.30. The van der Waals surface area contributed by atoms with Crippen molar-refractivity contribution >= 4 is 11.8 Å². The van der Waals surface area contributed by atoms with Gasteiger partial charge in [0.05, 0.1) is 17.9 Å². The molecule has 6 nitrogen and oxygen atoms in total. The molecular weight excluding hydrogens is 304 g/mol. The zero-order valence-electron chi connectivity index (χ0n) is 14.7. The van der Waals surface area contributed by atoms with Crippen LogP contribution in [0.3, 0.4) is 0 Å². The Balaban J connectivity index is 1.60. The summed E-state index contributed by atoms with van der Waals surface area (Å²) >= 11 is 0. The van der Waals surface area contributed by atoms with Crippen LogP contribution in [-0.2, 0) is 17.8 Å². The summed E-state index contributed by atoms with van der Waals surface area (Å²) in [5.74, 6) is 0.452. The largest absolute Gasteiger partial charge is 0.353 e. The minimum Gasteiger partial charge on any atom is -0.353 e. The van der Waals surface area contributed by atoms with Crippen LogP contribution in [0.5, 0.6) is 0 Å². The third kappa shape index (κ3) is 3.79. The van der Waals surface area contributed by atoms with Crippen LogP contribution in [0, 0.1) is 11.8 Å². The highest BCUT2D eigenvalue weighted by molar-refractivity contribution is 5.93. The Hall–Kier alpha value is -1.85. The maximum absolute atomic E-state index is 12.5. The van der Waals surface area contributed by atoms with Crippen molar-refractivity contribution in [2.45, 2.75) is 65.0 Å². The number of hydrogen-bond acceptors (Lipinski definition) is 3. The van der Waals surface area contributed by atoms with E-state index >= 15 is 0 Å². The maximum atomic E-state index is 12.5. The second kappa shape index (κ2) is 7.36. The van der Waals surface area contributed by atoms with E-state index in [2.05, 4.69) is 29.5 Å². The van der Waals surface area contributed by atoms with Gasteiger partial charge < -0.3 is 15.2 Å². The number of amides is 2. The summed E-state index contributed by atoms with van der Waals surface area (Å²) in [5, 5.41) is 6.11. The minimum atomic E-state index is -0.105. The summed E-state index contributed by atoms with van der Waals surface area (Å²) in [6, 6.07) is 0.360. The molecule has 0 aromatic carbocycles.